The Morgan fingerprint density at radius 2 is 2.10 bits per heavy atom. The fourth-order valence-corrected chi connectivity index (χ4v) is 0.965. The molecule has 1 heterocycles. The second-order valence-corrected chi connectivity index (χ2v) is 3.63. The van der Waals surface area contributed by atoms with Gasteiger partial charge in [-0.15, -0.1) is 8.58 Å². The molecular weight excluding hydrogens is 143 g/mol. The predicted molar refractivity (Wildman–Crippen MR) is 48.0 cm³/mol. The molecule has 1 rings (SSSR count). The van der Waals surface area contributed by atoms with Gasteiger partial charge in [0.2, 0.25) is 0 Å². The van der Waals surface area contributed by atoms with Gasteiger partial charge in [0.1, 0.15) is 0 Å². The van der Waals surface area contributed by atoms with Crippen LogP contribution in [0, 0.1) is 0 Å². The summed E-state index contributed by atoms with van der Waals surface area (Å²) in [6.07, 6.45) is 7.83. The van der Waals surface area contributed by atoms with Crippen molar-refractivity contribution in [2.75, 3.05) is 12.3 Å². The molecule has 0 radical (unpaired) electrons. The lowest BCUT2D eigenvalue weighted by Crippen LogP contribution is -1.59. The average Bonchev–Trinajstić information content (AvgIpc) is 2.44. The Morgan fingerprint density at radius 1 is 1.40 bits per heavy atom. The molecule has 3 heteroatoms. The van der Waals surface area contributed by atoms with E-state index in [0.29, 0.717) is 0 Å². The van der Waals surface area contributed by atoms with E-state index in [1.807, 2.05) is 0 Å². The summed E-state index contributed by atoms with van der Waals surface area (Å²) in [5, 5.41) is 0. The molecule has 0 aliphatic carbocycles. The van der Waals surface area contributed by atoms with Crippen LogP contribution in [0.4, 0.5) is 0 Å². The lowest BCUT2D eigenvalue weighted by Gasteiger charge is -1.80. The van der Waals surface area contributed by atoms with Crippen molar-refractivity contribution in [3.05, 3.63) is 18.7 Å². The number of nitrogens with zero attached hydrogens (tertiary/aromatic N) is 1. The summed E-state index contributed by atoms with van der Waals surface area (Å²) in [5.74, 6) is 0. The minimum absolute atomic E-state index is 1.20. The monoisotopic (exact) mass is 158 g/mol. The Bertz CT molecular complexity index is 97.9. The van der Waals surface area contributed by atoms with Crippen LogP contribution in [0.5, 0.6) is 0 Å². The van der Waals surface area contributed by atoms with E-state index in [2.05, 4.69) is 23.8 Å². The summed E-state index contributed by atoms with van der Waals surface area (Å²) in [6, 6.07) is 0. The molecule has 0 spiro atoms. The van der Waals surface area contributed by atoms with Crippen molar-refractivity contribution < 1.29 is 0 Å². The number of nitrogens with one attached hydrogen (secondary N) is 1. The van der Waals surface area contributed by atoms with Gasteiger partial charge >= 0.3 is 0 Å². The number of hydrogen-bond acceptors (Lipinski definition) is 1. The highest BCUT2D eigenvalue weighted by Crippen LogP contribution is 2.03. The fraction of sp³-hybridized carbons (Fsp3) is 0.571. The van der Waals surface area contributed by atoms with Crippen molar-refractivity contribution in [3.63, 3.8) is 0 Å². The molecule has 0 unspecified atom stereocenters. The van der Waals surface area contributed by atoms with Crippen LogP contribution >= 0.6 is 8.58 Å². The Labute approximate surface area is 64.2 Å². The number of H-pyrrole nitrogens is 1. The second kappa shape index (κ2) is 8.64. The van der Waals surface area contributed by atoms with E-state index in [0.717, 1.165) is 0 Å². The number of imidazole rings is 1. The molecule has 58 valence electrons. The Kier molecular flexibility index (Phi) is 8.33. The minimum Gasteiger partial charge on any atom is -0.351 e. The molecule has 0 amide bonds. The first-order valence-corrected chi connectivity index (χ1v) is 4.96. The predicted octanol–water partition coefficient (Wildman–Crippen LogP) is 2.11. The van der Waals surface area contributed by atoms with Crippen LogP contribution in [-0.2, 0) is 0 Å². The highest BCUT2D eigenvalue weighted by molar-refractivity contribution is 7.37. The van der Waals surface area contributed by atoms with Crippen LogP contribution in [-0.4, -0.2) is 22.3 Å². The molecule has 0 bridgehead atoms. The minimum atomic E-state index is 1.20. The zero-order valence-corrected chi connectivity index (χ0v) is 7.59. The van der Waals surface area contributed by atoms with Gasteiger partial charge in [-0.3, -0.25) is 0 Å². The molecule has 0 aliphatic heterocycles. The third kappa shape index (κ3) is 7.64. The highest BCUT2D eigenvalue weighted by Gasteiger charge is 1.66. The first-order chi connectivity index (χ1) is 4.91. The van der Waals surface area contributed by atoms with Crippen LogP contribution in [0.1, 0.15) is 13.8 Å². The van der Waals surface area contributed by atoms with Gasteiger partial charge < -0.3 is 4.98 Å². The molecular formula is C7H15N2P. The Balaban J connectivity index is 0.000000162. The van der Waals surface area contributed by atoms with E-state index in [-0.39, 0.29) is 0 Å². The standard InChI is InChI=1S/C4H11P.C3H4N2/c1-3-5-4-2;1-2-5-3-4-1/h5H,3-4H2,1-2H3;1-3H,(H,4,5). The van der Waals surface area contributed by atoms with E-state index < -0.39 is 0 Å². The van der Waals surface area contributed by atoms with Gasteiger partial charge in [-0.05, 0) is 12.3 Å². The first kappa shape index (κ1) is 9.64. The molecule has 1 aromatic rings. The van der Waals surface area contributed by atoms with Crippen LogP contribution in [0.25, 0.3) is 0 Å². The second-order valence-electron chi connectivity index (χ2n) is 1.72. The lowest BCUT2D eigenvalue weighted by atomic mass is 11.0. The SMILES string of the molecule is CCPCC.c1c[nH]cn1. The van der Waals surface area contributed by atoms with Crippen LogP contribution in [0.15, 0.2) is 18.7 Å². The molecule has 10 heavy (non-hydrogen) atoms. The molecule has 0 aliphatic rings. The zero-order valence-electron chi connectivity index (χ0n) is 6.59. The molecule has 0 saturated carbocycles. The van der Waals surface area contributed by atoms with Crippen molar-refractivity contribution in [2.24, 2.45) is 0 Å². The number of aromatic nitrogens is 2. The third-order valence-electron chi connectivity index (χ3n) is 0.906. The molecule has 0 fully saturated rings. The number of rotatable bonds is 2. The van der Waals surface area contributed by atoms with Crippen molar-refractivity contribution >= 4 is 8.58 Å². The number of hydrogen-bond donors (Lipinski definition) is 1. The molecule has 0 atom stereocenters. The number of aromatic amines is 1. The van der Waals surface area contributed by atoms with E-state index in [1.165, 1.54) is 20.9 Å². The van der Waals surface area contributed by atoms with E-state index in [1.54, 1.807) is 18.7 Å². The summed E-state index contributed by atoms with van der Waals surface area (Å²) in [4.78, 5) is 6.42. The van der Waals surface area contributed by atoms with Gasteiger partial charge in [0.25, 0.3) is 0 Å². The van der Waals surface area contributed by atoms with E-state index >= 15 is 0 Å². The summed E-state index contributed by atoms with van der Waals surface area (Å²) in [6.45, 7) is 4.45. The first-order valence-electron chi connectivity index (χ1n) is 3.55. The topological polar surface area (TPSA) is 28.7 Å². The van der Waals surface area contributed by atoms with Gasteiger partial charge in [-0.25, -0.2) is 4.98 Å². The van der Waals surface area contributed by atoms with Crippen LogP contribution < -0.4 is 0 Å². The van der Waals surface area contributed by atoms with E-state index in [4.69, 9.17) is 0 Å². The Morgan fingerprint density at radius 3 is 2.20 bits per heavy atom. The van der Waals surface area contributed by atoms with Crippen LogP contribution in [0.3, 0.4) is 0 Å². The van der Waals surface area contributed by atoms with Gasteiger partial charge in [-0.2, -0.15) is 0 Å². The van der Waals surface area contributed by atoms with Crippen molar-refractivity contribution in [3.8, 4) is 0 Å². The molecule has 1 N–H and O–H groups in total. The molecule has 0 aromatic carbocycles. The molecule has 0 saturated heterocycles. The molecule has 1 aromatic heterocycles. The average molecular weight is 158 g/mol. The fourth-order valence-electron chi connectivity index (χ4n) is 0.465. The summed E-state index contributed by atoms with van der Waals surface area (Å²) >= 11 is 0. The maximum atomic E-state index is 3.67. The summed E-state index contributed by atoms with van der Waals surface area (Å²) < 4.78 is 0. The van der Waals surface area contributed by atoms with Crippen LogP contribution in [0.2, 0.25) is 0 Å². The summed E-state index contributed by atoms with van der Waals surface area (Å²) in [7, 11) is 1.20. The summed E-state index contributed by atoms with van der Waals surface area (Å²) in [5.41, 5.74) is 0. The van der Waals surface area contributed by atoms with Gasteiger partial charge in [0.05, 0.1) is 6.33 Å². The van der Waals surface area contributed by atoms with Gasteiger partial charge in [0, 0.05) is 12.4 Å². The van der Waals surface area contributed by atoms with Crippen molar-refractivity contribution in [1.82, 2.24) is 9.97 Å². The zero-order chi connectivity index (χ0) is 7.66. The highest BCUT2D eigenvalue weighted by atomic mass is 31.1. The third-order valence-corrected chi connectivity index (χ3v) is 1.91. The smallest absolute Gasteiger partial charge is 0.0919 e. The Hall–Kier alpha value is -0.360. The largest absolute Gasteiger partial charge is 0.351 e. The normalized spacial score (nSPS) is 8.20. The lowest BCUT2D eigenvalue weighted by molar-refractivity contribution is 1.31. The van der Waals surface area contributed by atoms with Crippen molar-refractivity contribution in [2.45, 2.75) is 13.8 Å². The quantitative estimate of drug-likeness (QED) is 0.656. The molecule has 2 nitrogen and oxygen atoms in total. The maximum absolute atomic E-state index is 3.67. The van der Waals surface area contributed by atoms with E-state index in [9.17, 15) is 0 Å². The maximum Gasteiger partial charge on any atom is 0.0919 e. The van der Waals surface area contributed by atoms with Gasteiger partial charge in [0.15, 0.2) is 0 Å². The van der Waals surface area contributed by atoms with Crippen molar-refractivity contribution in [1.29, 1.82) is 0 Å². The van der Waals surface area contributed by atoms with Gasteiger partial charge in [-0.1, -0.05) is 13.8 Å².